The van der Waals surface area contributed by atoms with Gasteiger partial charge in [-0.1, -0.05) is 6.92 Å². The van der Waals surface area contributed by atoms with Gasteiger partial charge in [0.05, 0.1) is 4.92 Å². The maximum atomic E-state index is 11.0. The van der Waals surface area contributed by atoms with E-state index in [-0.39, 0.29) is 5.56 Å². The van der Waals surface area contributed by atoms with Crippen molar-refractivity contribution in [2.75, 3.05) is 32.0 Å². The van der Waals surface area contributed by atoms with E-state index in [1.807, 2.05) is 14.0 Å². The highest BCUT2D eigenvalue weighted by atomic mass is 16.6. The minimum absolute atomic E-state index is 0.307. The Hall–Kier alpha value is -2.15. The molecule has 0 fully saturated rings. The molecule has 0 unspecified atom stereocenters. The largest absolute Gasteiger partial charge is 0.477 e. The van der Waals surface area contributed by atoms with Crippen LogP contribution in [0.15, 0.2) is 18.2 Å². The lowest BCUT2D eigenvalue weighted by Crippen LogP contribution is -2.24. The van der Waals surface area contributed by atoms with Gasteiger partial charge >= 0.3 is 5.97 Å². The van der Waals surface area contributed by atoms with Crippen LogP contribution < -0.4 is 5.32 Å². The van der Waals surface area contributed by atoms with Gasteiger partial charge in [-0.15, -0.1) is 0 Å². The average Bonchev–Trinajstić information content (AvgIpc) is 2.38. The number of likely N-dealkylation sites (N-methyl/N-ethyl adjacent to an activating group) is 1. The van der Waals surface area contributed by atoms with E-state index in [1.165, 1.54) is 18.2 Å². The molecule has 0 aromatic heterocycles. The number of anilines is 1. The van der Waals surface area contributed by atoms with Gasteiger partial charge in [0.25, 0.3) is 5.69 Å². The number of carbonyl (C=O) groups is 1. The topological polar surface area (TPSA) is 95.7 Å². The van der Waals surface area contributed by atoms with E-state index in [9.17, 15) is 14.9 Å². The summed E-state index contributed by atoms with van der Waals surface area (Å²) in [4.78, 5) is 23.1. The molecule has 0 spiro atoms. The van der Waals surface area contributed by atoms with Crippen molar-refractivity contribution in [3.63, 3.8) is 0 Å². The number of nitrogens with zero attached hydrogens (tertiary/aromatic N) is 2. The highest BCUT2D eigenvalue weighted by Gasteiger charge is 2.19. The normalized spacial score (nSPS) is 10.5. The number of aromatic carboxylic acids is 1. The van der Waals surface area contributed by atoms with Crippen molar-refractivity contribution in [2.24, 2.45) is 0 Å². The van der Waals surface area contributed by atoms with E-state index in [1.54, 1.807) is 0 Å². The molecule has 0 bridgehead atoms. The van der Waals surface area contributed by atoms with Crippen molar-refractivity contribution in [2.45, 2.75) is 6.92 Å². The quantitative estimate of drug-likeness (QED) is 0.576. The molecule has 1 aromatic rings. The third-order valence-corrected chi connectivity index (χ3v) is 2.79. The van der Waals surface area contributed by atoms with Crippen LogP contribution in [0.4, 0.5) is 11.4 Å². The first-order valence-corrected chi connectivity index (χ1v) is 5.89. The zero-order valence-electron chi connectivity index (χ0n) is 10.9. The van der Waals surface area contributed by atoms with Crippen LogP contribution in [0.3, 0.4) is 0 Å². The van der Waals surface area contributed by atoms with Gasteiger partial charge in [-0.2, -0.15) is 0 Å². The Kier molecular flexibility index (Phi) is 5.25. The van der Waals surface area contributed by atoms with E-state index in [2.05, 4.69) is 10.2 Å². The Labute approximate surface area is 111 Å². The first kappa shape index (κ1) is 14.9. The Morgan fingerprint density at radius 2 is 2.21 bits per heavy atom. The first-order valence-electron chi connectivity index (χ1n) is 5.89. The predicted octanol–water partition coefficient (Wildman–Crippen LogP) is 1.66. The summed E-state index contributed by atoms with van der Waals surface area (Å²) in [7, 11) is 1.97. The maximum Gasteiger partial charge on any atom is 0.342 e. The van der Waals surface area contributed by atoms with Crippen molar-refractivity contribution >= 4 is 17.3 Å². The van der Waals surface area contributed by atoms with E-state index in [4.69, 9.17) is 5.11 Å². The lowest BCUT2D eigenvalue weighted by molar-refractivity contribution is -0.385. The molecular formula is C12H17N3O4. The van der Waals surface area contributed by atoms with Gasteiger partial charge < -0.3 is 15.3 Å². The van der Waals surface area contributed by atoms with Crippen LogP contribution >= 0.6 is 0 Å². The Bertz CT molecular complexity index is 476. The number of rotatable bonds is 7. The number of nitrogens with one attached hydrogen (secondary N) is 1. The van der Waals surface area contributed by atoms with E-state index in [0.29, 0.717) is 12.2 Å². The van der Waals surface area contributed by atoms with Gasteiger partial charge in [-0.3, -0.25) is 10.1 Å². The Balaban J connectivity index is 2.79. The van der Waals surface area contributed by atoms with Crippen LogP contribution in [0.25, 0.3) is 0 Å². The van der Waals surface area contributed by atoms with Gasteiger partial charge in [-0.05, 0) is 25.7 Å². The fourth-order valence-electron chi connectivity index (χ4n) is 1.53. The second-order valence-electron chi connectivity index (χ2n) is 4.12. The molecule has 0 aliphatic heterocycles. The van der Waals surface area contributed by atoms with Gasteiger partial charge in [0.15, 0.2) is 0 Å². The molecule has 1 rings (SSSR count). The van der Waals surface area contributed by atoms with Crippen LogP contribution in [-0.2, 0) is 0 Å². The van der Waals surface area contributed by atoms with Crippen molar-refractivity contribution in [3.8, 4) is 0 Å². The molecule has 0 amide bonds. The molecule has 0 aliphatic carbocycles. The van der Waals surface area contributed by atoms with Crippen molar-refractivity contribution in [3.05, 3.63) is 33.9 Å². The molecule has 2 N–H and O–H groups in total. The number of nitro benzene ring substituents is 1. The molecule has 104 valence electrons. The molecule has 0 atom stereocenters. The number of hydrogen-bond acceptors (Lipinski definition) is 5. The minimum Gasteiger partial charge on any atom is -0.477 e. The molecule has 0 heterocycles. The lowest BCUT2D eigenvalue weighted by Gasteiger charge is -2.14. The SMILES string of the molecule is CCN(C)CCNc1ccc([N+](=O)[O-])c(C(=O)O)c1. The average molecular weight is 267 g/mol. The number of carboxylic acid groups (broad SMARTS) is 1. The summed E-state index contributed by atoms with van der Waals surface area (Å²) in [5, 5.41) is 22.7. The molecule has 19 heavy (non-hydrogen) atoms. The number of hydrogen-bond donors (Lipinski definition) is 2. The van der Waals surface area contributed by atoms with E-state index >= 15 is 0 Å². The van der Waals surface area contributed by atoms with Gasteiger partial charge in [0.1, 0.15) is 5.56 Å². The van der Waals surface area contributed by atoms with E-state index < -0.39 is 16.6 Å². The lowest BCUT2D eigenvalue weighted by atomic mass is 10.1. The molecule has 7 heteroatoms. The standard InChI is InChI=1S/C12H17N3O4/c1-3-14(2)7-6-13-9-4-5-11(15(18)19)10(8-9)12(16)17/h4-5,8,13H,3,6-7H2,1-2H3,(H,16,17). The third kappa shape index (κ3) is 4.22. The summed E-state index contributed by atoms with van der Waals surface area (Å²) in [6, 6.07) is 4.00. The van der Waals surface area contributed by atoms with Gasteiger partial charge in [0.2, 0.25) is 0 Å². The zero-order valence-corrected chi connectivity index (χ0v) is 10.9. The molecular weight excluding hydrogens is 250 g/mol. The number of nitro groups is 1. The monoisotopic (exact) mass is 267 g/mol. The molecule has 0 saturated carbocycles. The number of carboxylic acids is 1. The van der Waals surface area contributed by atoms with Crippen molar-refractivity contribution in [1.82, 2.24) is 4.90 Å². The summed E-state index contributed by atoms with van der Waals surface area (Å²) >= 11 is 0. The number of benzene rings is 1. The summed E-state index contributed by atoms with van der Waals surface area (Å²) in [5.74, 6) is -1.30. The maximum absolute atomic E-state index is 11.0. The second-order valence-corrected chi connectivity index (χ2v) is 4.12. The molecule has 7 nitrogen and oxygen atoms in total. The van der Waals surface area contributed by atoms with Crippen LogP contribution in [-0.4, -0.2) is 47.6 Å². The van der Waals surface area contributed by atoms with Crippen molar-refractivity contribution in [1.29, 1.82) is 0 Å². The van der Waals surface area contributed by atoms with Crippen LogP contribution in [0.2, 0.25) is 0 Å². The van der Waals surface area contributed by atoms with Gasteiger partial charge in [0, 0.05) is 24.8 Å². The molecule has 0 radical (unpaired) electrons. The Morgan fingerprint density at radius 1 is 1.53 bits per heavy atom. The van der Waals surface area contributed by atoms with Gasteiger partial charge in [-0.25, -0.2) is 4.79 Å². The summed E-state index contributed by atoms with van der Waals surface area (Å²) < 4.78 is 0. The summed E-state index contributed by atoms with van der Waals surface area (Å²) in [6.07, 6.45) is 0. The molecule has 1 aromatic carbocycles. The van der Waals surface area contributed by atoms with Crippen LogP contribution in [0.1, 0.15) is 17.3 Å². The Morgan fingerprint density at radius 3 is 2.74 bits per heavy atom. The first-order chi connectivity index (χ1) is 8.95. The summed E-state index contributed by atoms with van der Waals surface area (Å²) in [6.45, 7) is 4.40. The predicted molar refractivity (Wildman–Crippen MR) is 71.7 cm³/mol. The fraction of sp³-hybridized carbons (Fsp3) is 0.417. The fourth-order valence-corrected chi connectivity index (χ4v) is 1.53. The highest BCUT2D eigenvalue weighted by molar-refractivity contribution is 5.93. The smallest absolute Gasteiger partial charge is 0.342 e. The summed E-state index contributed by atoms with van der Waals surface area (Å²) in [5.41, 5.74) is -0.143. The molecule has 0 aliphatic rings. The third-order valence-electron chi connectivity index (χ3n) is 2.79. The van der Waals surface area contributed by atoms with E-state index in [0.717, 1.165) is 13.1 Å². The zero-order chi connectivity index (χ0) is 14.4. The molecule has 0 saturated heterocycles. The second kappa shape index (κ2) is 6.69. The van der Waals surface area contributed by atoms with Crippen LogP contribution in [0.5, 0.6) is 0 Å². The minimum atomic E-state index is -1.30. The highest BCUT2D eigenvalue weighted by Crippen LogP contribution is 2.22. The van der Waals surface area contributed by atoms with Crippen molar-refractivity contribution < 1.29 is 14.8 Å². The van der Waals surface area contributed by atoms with Crippen LogP contribution in [0, 0.1) is 10.1 Å².